The van der Waals surface area contributed by atoms with Crippen molar-refractivity contribution in [3.05, 3.63) is 27.7 Å². The van der Waals surface area contributed by atoms with Crippen molar-refractivity contribution in [1.29, 1.82) is 0 Å². The van der Waals surface area contributed by atoms with Crippen LogP contribution in [-0.2, 0) is 9.53 Å². The molecule has 3 fully saturated rings. The van der Waals surface area contributed by atoms with E-state index >= 15 is 0 Å². The summed E-state index contributed by atoms with van der Waals surface area (Å²) in [6.45, 7) is 8.84. The molecule has 0 bridgehead atoms. The molecule has 0 unspecified atom stereocenters. The second-order valence-electron chi connectivity index (χ2n) is 10.7. The Hall–Kier alpha value is -1.16. The Morgan fingerprint density at radius 3 is 2.72 bits per heavy atom. The van der Waals surface area contributed by atoms with Crippen molar-refractivity contribution < 1.29 is 9.53 Å². The zero-order chi connectivity index (χ0) is 20.4. The summed E-state index contributed by atoms with van der Waals surface area (Å²) >= 11 is 1.93. The predicted octanol–water partition coefficient (Wildman–Crippen LogP) is 6.43. The van der Waals surface area contributed by atoms with Crippen LogP contribution in [0.2, 0.25) is 0 Å². The molecule has 0 spiro atoms. The van der Waals surface area contributed by atoms with Gasteiger partial charge in [-0.05, 0) is 80.5 Å². The van der Waals surface area contributed by atoms with Crippen LogP contribution in [0.5, 0.6) is 0 Å². The Labute approximate surface area is 179 Å². The molecule has 158 valence electrons. The molecule has 4 heteroatoms. The number of hydrogen-bond acceptors (Lipinski definition) is 4. The lowest BCUT2D eigenvalue weighted by atomic mass is 9.47. The van der Waals surface area contributed by atoms with Gasteiger partial charge in [-0.3, -0.25) is 4.79 Å². The Morgan fingerprint density at radius 2 is 2.00 bits per heavy atom. The SMILES string of the molecule is CC(=O)O[C@H]1CC[C@@]2(C)C(=CC[C@H]3[C@@H]4CC[C@H](c5ncc(C)s5)[C@@]4(C)CC[C@@H]32)C1. The molecule has 3 saturated carbocycles. The molecule has 7 atom stereocenters. The fraction of sp³-hybridized carbons (Fsp3) is 0.760. The highest BCUT2D eigenvalue weighted by molar-refractivity contribution is 7.11. The molecule has 1 aromatic heterocycles. The smallest absolute Gasteiger partial charge is 0.302 e. The van der Waals surface area contributed by atoms with E-state index in [9.17, 15) is 4.79 Å². The number of rotatable bonds is 2. The van der Waals surface area contributed by atoms with Gasteiger partial charge in [0, 0.05) is 30.3 Å². The van der Waals surface area contributed by atoms with Crippen LogP contribution in [-0.4, -0.2) is 17.1 Å². The second-order valence-corrected chi connectivity index (χ2v) is 12.0. The summed E-state index contributed by atoms with van der Waals surface area (Å²) in [5.41, 5.74) is 2.32. The molecule has 0 N–H and O–H groups in total. The summed E-state index contributed by atoms with van der Waals surface area (Å²) < 4.78 is 5.59. The van der Waals surface area contributed by atoms with E-state index in [0.717, 1.165) is 30.6 Å². The summed E-state index contributed by atoms with van der Waals surface area (Å²) in [6.07, 6.45) is 14.5. The third-order valence-electron chi connectivity index (χ3n) is 9.33. The molecule has 5 rings (SSSR count). The molecule has 0 aliphatic heterocycles. The largest absolute Gasteiger partial charge is 0.462 e. The molecule has 0 aromatic carbocycles. The van der Waals surface area contributed by atoms with Crippen LogP contribution in [0.15, 0.2) is 17.8 Å². The topological polar surface area (TPSA) is 39.2 Å². The number of aryl methyl sites for hydroxylation is 1. The van der Waals surface area contributed by atoms with Gasteiger partial charge in [0.15, 0.2) is 0 Å². The Morgan fingerprint density at radius 1 is 1.17 bits per heavy atom. The lowest BCUT2D eigenvalue weighted by molar-refractivity contribution is -0.148. The highest BCUT2D eigenvalue weighted by Gasteiger charge is 2.59. The van der Waals surface area contributed by atoms with Crippen molar-refractivity contribution in [2.24, 2.45) is 28.6 Å². The quantitative estimate of drug-likeness (QED) is 0.414. The van der Waals surface area contributed by atoms with Gasteiger partial charge in [0.25, 0.3) is 0 Å². The maximum Gasteiger partial charge on any atom is 0.302 e. The summed E-state index contributed by atoms with van der Waals surface area (Å²) in [7, 11) is 0. The van der Waals surface area contributed by atoms with Gasteiger partial charge in [-0.15, -0.1) is 11.3 Å². The van der Waals surface area contributed by atoms with E-state index in [2.05, 4.69) is 33.0 Å². The van der Waals surface area contributed by atoms with E-state index in [-0.39, 0.29) is 12.1 Å². The third-order valence-corrected chi connectivity index (χ3v) is 10.4. The number of nitrogens with zero attached hydrogens (tertiary/aromatic N) is 1. The minimum Gasteiger partial charge on any atom is -0.462 e. The maximum absolute atomic E-state index is 11.4. The molecule has 29 heavy (non-hydrogen) atoms. The van der Waals surface area contributed by atoms with Gasteiger partial charge in [-0.2, -0.15) is 0 Å². The molecule has 4 aliphatic rings. The van der Waals surface area contributed by atoms with E-state index < -0.39 is 0 Å². The van der Waals surface area contributed by atoms with Gasteiger partial charge in [0.05, 0.1) is 5.01 Å². The van der Waals surface area contributed by atoms with E-state index in [1.807, 2.05) is 11.3 Å². The molecule has 1 heterocycles. The Balaban J connectivity index is 1.40. The monoisotopic (exact) mass is 413 g/mol. The Bertz CT molecular complexity index is 844. The van der Waals surface area contributed by atoms with Crippen LogP contribution in [0, 0.1) is 35.5 Å². The fourth-order valence-electron chi connectivity index (χ4n) is 7.90. The lowest BCUT2D eigenvalue weighted by Gasteiger charge is -2.58. The van der Waals surface area contributed by atoms with E-state index in [0.29, 0.717) is 16.7 Å². The van der Waals surface area contributed by atoms with E-state index in [1.165, 1.54) is 48.4 Å². The van der Waals surface area contributed by atoms with Gasteiger partial charge < -0.3 is 4.74 Å². The van der Waals surface area contributed by atoms with Crippen LogP contribution in [0.4, 0.5) is 0 Å². The standard InChI is InChI=1S/C25H35NO2S/c1-15-14-26-23(29-15)22-8-7-20-19-6-5-17-13-18(28-16(2)27)9-11-24(17,3)21(19)10-12-25(20,22)4/h5,14,18-22H,6-13H2,1-4H3/t18-,19-,20-,21-,22+,24-,25-/m0/s1. The average molecular weight is 414 g/mol. The second kappa shape index (κ2) is 6.93. The van der Waals surface area contributed by atoms with Crippen LogP contribution < -0.4 is 0 Å². The maximum atomic E-state index is 11.4. The number of thiazole rings is 1. The predicted molar refractivity (Wildman–Crippen MR) is 117 cm³/mol. The first kappa shape index (κ1) is 19.8. The first-order chi connectivity index (χ1) is 13.8. The number of allylic oxidation sites excluding steroid dienone is 1. The van der Waals surface area contributed by atoms with Gasteiger partial charge in [0.2, 0.25) is 0 Å². The molecule has 0 radical (unpaired) electrons. The number of hydrogen-bond donors (Lipinski definition) is 0. The summed E-state index contributed by atoms with van der Waals surface area (Å²) in [5.74, 6) is 2.98. The van der Waals surface area contributed by atoms with E-state index in [1.54, 1.807) is 12.5 Å². The Kier molecular flexibility index (Phi) is 4.73. The number of carbonyl (C=O) groups excluding carboxylic acids is 1. The van der Waals surface area contributed by atoms with Crippen molar-refractivity contribution in [2.75, 3.05) is 0 Å². The molecule has 0 amide bonds. The highest BCUT2D eigenvalue weighted by atomic mass is 32.1. The van der Waals surface area contributed by atoms with E-state index in [4.69, 9.17) is 9.72 Å². The summed E-state index contributed by atoms with van der Waals surface area (Å²) in [4.78, 5) is 17.6. The molecular weight excluding hydrogens is 378 g/mol. The molecule has 0 saturated heterocycles. The summed E-state index contributed by atoms with van der Waals surface area (Å²) in [5, 5.41) is 1.39. The average Bonchev–Trinajstić information content (AvgIpc) is 3.24. The van der Waals surface area contributed by atoms with Crippen molar-refractivity contribution in [2.45, 2.75) is 91.1 Å². The van der Waals surface area contributed by atoms with Crippen molar-refractivity contribution >= 4 is 17.3 Å². The van der Waals surface area contributed by atoms with Crippen molar-refractivity contribution in [3.8, 4) is 0 Å². The third kappa shape index (κ3) is 3.04. The van der Waals surface area contributed by atoms with Gasteiger partial charge in [-0.1, -0.05) is 25.5 Å². The zero-order valence-electron chi connectivity index (χ0n) is 18.4. The molecule has 1 aromatic rings. The number of aromatic nitrogens is 1. The highest BCUT2D eigenvalue weighted by Crippen LogP contribution is 2.68. The molecule has 3 nitrogen and oxygen atoms in total. The van der Waals surface area contributed by atoms with Gasteiger partial charge in [0.1, 0.15) is 6.10 Å². The number of fused-ring (bicyclic) bond motifs is 5. The molecular formula is C25H35NO2S. The zero-order valence-corrected chi connectivity index (χ0v) is 19.2. The van der Waals surface area contributed by atoms with Gasteiger partial charge in [-0.25, -0.2) is 4.98 Å². The fourth-order valence-corrected chi connectivity index (χ4v) is 8.97. The first-order valence-corrected chi connectivity index (χ1v) is 12.4. The molecule has 4 aliphatic carbocycles. The van der Waals surface area contributed by atoms with Crippen molar-refractivity contribution in [1.82, 2.24) is 4.98 Å². The number of carbonyl (C=O) groups is 1. The minimum absolute atomic E-state index is 0.0984. The lowest BCUT2D eigenvalue weighted by Crippen LogP contribution is -2.50. The van der Waals surface area contributed by atoms with Crippen LogP contribution in [0.1, 0.15) is 87.9 Å². The van der Waals surface area contributed by atoms with Crippen LogP contribution in [0.25, 0.3) is 0 Å². The number of ether oxygens (including phenoxy) is 1. The first-order valence-electron chi connectivity index (χ1n) is 11.6. The number of esters is 1. The normalized spacial score (nSPS) is 43.7. The minimum atomic E-state index is -0.129. The van der Waals surface area contributed by atoms with Crippen molar-refractivity contribution in [3.63, 3.8) is 0 Å². The van der Waals surface area contributed by atoms with Crippen LogP contribution in [0.3, 0.4) is 0 Å². The van der Waals surface area contributed by atoms with Crippen LogP contribution >= 0.6 is 11.3 Å². The summed E-state index contributed by atoms with van der Waals surface area (Å²) in [6, 6.07) is 0. The van der Waals surface area contributed by atoms with Gasteiger partial charge >= 0.3 is 5.97 Å².